The van der Waals surface area contributed by atoms with Gasteiger partial charge in [-0.15, -0.1) is 0 Å². The van der Waals surface area contributed by atoms with Gasteiger partial charge in [-0.05, 0) is 103 Å². The molecule has 0 spiro atoms. The van der Waals surface area contributed by atoms with Crippen LogP contribution in [0.3, 0.4) is 0 Å². The Labute approximate surface area is 274 Å². The molecule has 2 saturated heterocycles. The van der Waals surface area contributed by atoms with Crippen LogP contribution < -0.4 is 4.74 Å². The van der Waals surface area contributed by atoms with Gasteiger partial charge in [0.15, 0.2) is 0 Å². The first-order valence-corrected chi connectivity index (χ1v) is 14.9. The maximum atomic E-state index is 14.3. The number of benzene rings is 3. The highest BCUT2D eigenvalue weighted by atomic mass is 19.4. The largest absolute Gasteiger partial charge is 0.481 e. The molecule has 49 heavy (non-hydrogen) atoms. The number of halogens is 7. The Bertz CT molecular complexity index is 1990. The minimum absolute atomic E-state index is 0.0554. The number of aryl methyl sites for hydroxylation is 2. The molecule has 6 rings (SSSR count). The zero-order chi connectivity index (χ0) is 35.6. The third-order valence-electron chi connectivity index (χ3n) is 8.97. The highest BCUT2D eigenvalue weighted by molar-refractivity contribution is 5.89. The third kappa shape index (κ3) is 6.15. The number of alkyl halides is 6. The lowest BCUT2D eigenvalue weighted by Gasteiger charge is -2.27. The Morgan fingerprint density at radius 1 is 0.918 bits per heavy atom. The number of carboxylic acid groups (broad SMARTS) is 1. The molecule has 0 radical (unpaired) electrons. The van der Waals surface area contributed by atoms with E-state index in [1.165, 1.54) is 43.3 Å². The fourth-order valence-corrected chi connectivity index (χ4v) is 6.80. The maximum Gasteiger partial charge on any atom is 0.416 e. The van der Waals surface area contributed by atoms with Crippen LogP contribution in [0.2, 0.25) is 0 Å². The first-order valence-electron chi connectivity index (χ1n) is 14.9. The molecule has 1 amide bonds. The first-order chi connectivity index (χ1) is 23.0. The molecule has 7 nitrogen and oxygen atoms in total. The van der Waals surface area contributed by atoms with Crippen LogP contribution in [0.15, 0.2) is 60.8 Å². The maximum absolute atomic E-state index is 14.3. The van der Waals surface area contributed by atoms with Crippen LogP contribution in [0.5, 0.6) is 5.88 Å². The number of carbonyl (C=O) groups excluding carboxylic acids is 1. The van der Waals surface area contributed by atoms with Gasteiger partial charge in [0.05, 0.1) is 35.9 Å². The molecular formula is C35H27F7N2O5. The summed E-state index contributed by atoms with van der Waals surface area (Å²) in [7, 11) is 1.33. The Morgan fingerprint density at radius 2 is 1.65 bits per heavy atom. The normalized spacial score (nSPS) is 19.2. The van der Waals surface area contributed by atoms with E-state index in [9.17, 15) is 45.4 Å². The van der Waals surface area contributed by atoms with Gasteiger partial charge in [-0.2, -0.15) is 26.3 Å². The molecule has 0 bridgehead atoms. The number of carboxylic acids is 1. The van der Waals surface area contributed by atoms with Crippen LogP contribution in [-0.4, -0.2) is 40.2 Å². The Hall–Kier alpha value is -5.14. The van der Waals surface area contributed by atoms with Crippen molar-refractivity contribution in [1.29, 1.82) is 0 Å². The minimum Gasteiger partial charge on any atom is -0.481 e. The van der Waals surface area contributed by atoms with Crippen LogP contribution in [0.25, 0.3) is 22.3 Å². The van der Waals surface area contributed by atoms with Crippen LogP contribution in [-0.2, 0) is 17.1 Å². The number of hydrogen-bond acceptors (Lipinski definition) is 5. The SMILES string of the molecule is COc1ncc(-c2ccc(C(=O)O)cc2C)cc1-c1cc(C)c(C(F)(F)F)cc1[C@@H]1CC[C@H]2[C@@H](c3cc(F)cc(C(F)(F)F)c3)OC(=O)N12. The second-order valence-corrected chi connectivity index (χ2v) is 12.0. The monoisotopic (exact) mass is 688 g/mol. The van der Waals surface area contributed by atoms with Crippen molar-refractivity contribution in [2.45, 2.75) is 57.2 Å². The number of pyridine rings is 1. The Kier molecular flexibility index (Phi) is 8.32. The summed E-state index contributed by atoms with van der Waals surface area (Å²) in [6, 6.07) is 8.33. The fourth-order valence-electron chi connectivity index (χ4n) is 6.80. The molecule has 3 atom stereocenters. The van der Waals surface area contributed by atoms with Gasteiger partial charge in [0.2, 0.25) is 5.88 Å². The van der Waals surface area contributed by atoms with E-state index in [-0.39, 0.29) is 52.1 Å². The Balaban J connectivity index is 1.48. The van der Waals surface area contributed by atoms with Crippen molar-refractivity contribution < 1.29 is 54.9 Å². The number of nitrogens with zero attached hydrogens (tertiary/aromatic N) is 2. The summed E-state index contributed by atoms with van der Waals surface area (Å²) in [5.74, 6) is -2.25. The molecule has 3 aromatic carbocycles. The molecule has 2 aliphatic rings. The molecule has 256 valence electrons. The molecule has 0 saturated carbocycles. The second kappa shape index (κ2) is 12.1. The zero-order valence-corrected chi connectivity index (χ0v) is 26.0. The summed E-state index contributed by atoms with van der Waals surface area (Å²) >= 11 is 0. The Morgan fingerprint density at radius 3 is 2.29 bits per heavy atom. The van der Waals surface area contributed by atoms with E-state index in [1.807, 2.05) is 0 Å². The number of rotatable bonds is 6. The van der Waals surface area contributed by atoms with E-state index < -0.39 is 59.5 Å². The van der Waals surface area contributed by atoms with Gasteiger partial charge in [-0.3, -0.25) is 4.90 Å². The molecule has 3 heterocycles. The molecular weight excluding hydrogens is 661 g/mol. The van der Waals surface area contributed by atoms with Crippen molar-refractivity contribution in [2.75, 3.05) is 7.11 Å². The van der Waals surface area contributed by atoms with E-state index in [0.29, 0.717) is 28.8 Å². The standard InChI is InChI=1S/C35H27F7N2O5/c1-16-8-18(32(45)46)4-5-23(16)20-12-26(31(48-3)43-15-20)24-9-17(2)27(35(40,41)42)14-25(24)28-6-7-29-30(49-33(47)44(28)29)19-10-21(34(37,38)39)13-22(36)11-19/h4-5,8-15,28-30H,6-7H2,1-3H3,(H,45,46)/t28-,29-,30+/m0/s1. The van der Waals surface area contributed by atoms with Gasteiger partial charge in [0.1, 0.15) is 11.9 Å². The van der Waals surface area contributed by atoms with Crippen LogP contribution in [0.1, 0.15) is 68.7 Å². The lowest BCUT2D eigenvalue weighted by atomic mass is 9.88. The molecule has 2 aliphatic heterocycles. The summed E-state index contributed by atoms with van der Waals surface area (Å²) in [6.07, 6.45) is -10.2. The van der Waals surface area contributed by atoms with Crippen molar-refractivity contribution in [2.24, 2.45) is 0 Å². The summed E-state index contributed by atoms with van der Waals surface area (Å²) in [6.45, 7) is 2.98. The van der Waals surface area contributed by atoms with E-state index in [2.05, 4.69) is 4.98 Å². The molecule has 14 heteroatoms. The highest BCUT2D eigenvalue weighted by Crippen LogP contribution is 2.51. The molecule has 4 aromatic rings. The van der Waals surface area contributed by atoms with Gasteiger partial charge in [0, 0.05) is 17.3 Å². The summed E-state index contributed by atoms with van der Waals surface area (Å²) in [5, 5.41) is 9.39. The molecule has 1 aromatic heterocycles. The predicted molar refractivity (Wildman–Crippen MR) is 161 cm³/mol. The average Bonchev–Trinajstić information content (AvgIpc) is 3.60. The summed E-state index contributed by atoms with van der Waals surface area (Å²) in [4.78, 5) is 30.4. The summed E-state index contributed by atoms with van der Waals surface area (Å²) < 4.78 is 109. The number of aromatic carboxylic acids is 1. The quantitative estimate of drug-likeness (QED) is 0.203. The lowest BCUT2D eigenvalue weighted by Crippen LogP contribution is -2.31. The highest BCUT2D eigenvalue weighted by Gasteiger charge is 2.51. The average molecular weight is 689 g/mol. The van der Waals surface area contributed by atoms with Gasteiger partial charge < -0.3 is 14.6 Å². The van der Waals surface area contributed by atoms with Gasteiger partial charge >= 0.3 is 24.4 Å². The van der Waals surface area contributed by atoms with Crippen molar-refractivity contribution >= 4 is 12.1 Å². The number of cyclic esters (lactones) is 1. The van der Waals surface area contributed by atoms with Crippen LogP contribution >= 0.6 is 0 Å². The molecule has 2 fully saturated rings. The number of fused-ring (bicyclic) bond motifs is 1. The fraction of sp³-hybridized carbons (Fsp3) is 0.286. The number of methoxy groups -OCH3 is 1. The minimum atomic E-state index is -4.87. The van der Waals surface area contributed by atoms with Crippen LogP contribution in [0.4, 0.5) is 35.5 Å². The number of aromatic nitrogens is 1. The van der Waals surface area contributed by atoms with Crippen molar-refractivity contribution in [1.82, 2.24) is 9.88 Å². The van der Waals surface area contributed by atoms with E-state index in [1.54, 1.807) is 19.1 Å². The van der Waals surface area contributed by atoms with E-state index in [4.69, 9.17) is 9.47 Å². The topological polar surface area (TPSA) is 89.0 Å². The third-order valence-corrected chi connectivity index (χ3v) is 8.97. The van der Waals surface area contributed by atoms with Crippen molar-refractivity contribution in [3.05, 3.63) is 106 Å². The number of amides is 1. The van der Waals surface area contributed by atoms with Crippen molar-refractivity contribution in [3.63, 3.8) is 0 Å². The first kappa shape index (κ1) is 33.7. The van der Waals surface area contributed by atoms with Gasteiger partial charge in [-0.25, -0.2) is 19.0 Å². The zero-order valence-electron chi connectivity index (χ0n) is 26.0. The number of carbonyl (C=O) groups is 2. The van der Waals surface area contributed by atoms with Gasteiger partial charge in [0.25, 0.3) is 0 Å². The molecule has 1 N–H and O–H groups in total. The van der Waals surface area contributed by atoms with Gasteiger partial charge in [-0.1, -0.05) is 12.1 Å². The smallest absolute Gasteiger partial charge is 0.416 e. The predicted octanol–water partition coefficient (Wildman–Crippen LogP) is 9.31. The second-order valence-electron chi connectivity index (χ2n) is 12.0. The van der Waals surface area contributed by atoms with E-state index >= 15 is 0 Å². The molecule has 0 unspecified atom stereocenters. The van der Waals surface area contributed by atoms with E-state index in [0.717, 1.165) is 12.1 Å². The lowest BCUT2D eigenvalue weighted by molar-refractivity contribution is -0.138. The summed E-state index contributed by atoms with van der Waals surface area (Å²) in [5.41, 5.74) is -0.213. The van der Waals surface area contributed by atoms with Crippen LogP contribution in [0, 0.1) is 19.7 Å². The van der Waals surface area contributed by atoms with Crippen molar-refractivity contribution in [3.8, 4) is 28.1 Å². The number of ether oxygens (including phenoxy) is 2. The number of hydrogen-bond donors (Lipinski definition) is 1. The molecule has 0 aliphatic carbocycles.